The van der Waals surface area contributed by atoms with Gasteiger partial charge in [0.1, 0.15) is 19.3 Å². The zero-order chi connectivity index (χ0) is 71.7. The van der Waals surface area contributed by atoms with Crippen LogP contribution in [0.15, 0.2) is 0 Å². The molecule has 0 spiro atoms. The van der Waals surface area contributed by atoms with E-state index >= 15 is 0 Å². The molecule has 0 saturated heterocycles. The number of rotatable bonds is 75. The SMILES string of the molecule is CCC(C)CCCCCCCCCCCCC(=O)OC[C@H](COP(=O)(O)OC[C@@H](O)COP(=O)(O)OC[C@@H](COC(=O)CCCCCCCCC(C)CC)OC(=O)CCCCCCCCCCC(C)CC)OC(=O)CCCCCCCCCCCCCCCCCCCCC(C)C. The maximum absolute atomic E-state index is 13.1. The molecule has 0 radical (unpaired) electrons. The molecule has 8 atom stereocenters. The monoisotopic (exact) mass is 1420 g/mol. The van der Waals surface area contributed by atoms with Gasteiger partial charge in [-0.3, -0.25) is 37.3 Å². The van der Waals surface area contributed by atoms with Gasteiger partial charge in [0.25, 0.3) is 0 Å². The molecule has 0 heterocycles. The van der Waals surface area contributed by atoms with Crippen molar-refractivity contribution in [1.82, 2.24) is 0 Å². The minimum Gasteiger partial charge on any atom is -0.462 e. The van der Waals surface area contributed by atoms with E-state index in [4.69, 9.17) is 37.0 Å². The predicted octanol–water partition coefficient (Wildman–Crippen LogP) is 22.8. The number of hydrogen-bond acceptors (Lipinski definition) is 15. The molecular formula is C78H152O17P2. The van der Waals surface area contributed by atoms with Gasteiger partial charge in [-0.25, -0.2) is 9.13 Å². The first-order valence-electron chi connectivity index (χ1n) is 40.3. The van der Waals surface area contributed by atoms with Crippen molar-refractivity contribution in [2.24, 2.45) is 23.7 Å². The van der Waals surface area contributed by atoms with Crippen molar-refractivity contribution in [2.45, 2.75) is 414 Å². The van der Waals surface area contributed by atoms with Crippen LogP contribution in [-0.2, 0) is 65.4 Å². The summed E-state index contributed by atoms with van der Waals surface area (Å²) in [5.41, 5.74) is 0. The van der Waals surface area contributed by atoms with E-state index in [1.165, 1.54) is 193 Å². The summed E-state index contributed by atoms with van der Waals surface area (Å²) in [5.74, 6) is 1.01. The summed E-state index contributed by atoms with van der Waals surface area (Å²) in [7, 11) is -9.92. The lowest BCUT2D eigenvalue weighted by molar-refractivity contribution is -0.161. The number of unbranched alkanes of at least 4 members (excludes halogenated alkanes) is 38. The lowest BCUT2D eigenvalue weighted by Gasteiger charge is -2.21. The van der Waals surface area contributed by atoms with Gasteiger partial charge < -0.3 is 33.8 Å². The number of aliphatic hydroxyl groups excluding tert-OH is 1. The number of carbonyl (C=O) groups is 4. The normalized spacial score (nSPS) is 14.9. The number of hydrogen-bond donors (Lipinski definition) is 3. The molecule has 0 bridgehead atoms. The molecule has 0 aliphatic carbocycles. The zero-order valence-corrected chi connectivity index (χ0v) is 65.5. The van der Waals surface area contributed by atoms with E-state index in [0.29, 0.717) is 25.7 Å². The number of carbonyl (C=O) groups excluding carboxylic acids is 4. The van der Waals surface area contributed by atoms with Crippen molar-refractivity contribution in [2.75, 3.05) is 39.6 Å². The highest BCUT2D eigenvalue weighted by atomic mass is 31.2. The van der Waals surface area contributed by atoms with Crippen LogP contribution in [0.1, 0.15) is 396 Å². The van der Waals surface area contributed by atoms with E-state index in [9.17, 15) is 43.2 Å². The molecular weight excluding hydrogens is 1270 g/mol. The average Bonchev–Trinajstić information content (AvgIpc) is 1.06. The fourth-order valence-electron chi connectivity index (χ4n) is 11.8. The Balaban J connectivity index is 5.23. The maximum atomic E-state index is 13.1. The minimum atomic E-state index is -4.96. The van der Waals surface area contributed by atoms with Crippen LogP contribution in [0.25, 0.3) is 0 Å². The van der Waals surface area contributed by atoms with E-state index in [2.05, 4.69) is 55.4 Å². The average molecular weight is 1420 g/mol. The predicted molar refractivity (Wildman–Crippen MR) is 395 cm³/mol. The molecule has 0 fully saturated rings. The third kappa shape index (κ3) is 68.3. The molecule has 5 unspecified atom stereocenters. The Labute approximate surface area is 594 Å². The number of ether oxygens (including phenoxy) is 4. The third-order valence-electron chi connectivity index (χ3n) is 19.2. The number of phosphoric ester groups is 2. The highest BCUT2D eigenvalue weighted by Gasteiger charge is 2.30. The fraction of sp³-hybridized carbons (Fsp3) is 0.949. The maximum Gasteiger partial charge on any atom is 0.472 e. The van der Waals surface area contributed by atoms with Crippen molar-refractivity contribution in [3.63, 3.8) is 0 Å². The highest BCUT2D eigenvalue weighted by Crippen LogP contribution is 2.45. The summed E-state index contributed by atoms with van der Waals surface area (Å²) >= 11 is 0. The van der Waals surface area contributed by atoms with E-state index in [1.807, 2.05) is 0 Å². The van der Waals surface area contributed by atoms with Gasteiger partial charge in [0.2, 0.25) is 0 Å². The summed E-state index contributed by atoms with van der Waals surface area (Å²) in [4.78, 5) is 72.9. The molecule has 0 amide bonds. The van der Waals surface area contributed by atoms with Gasteiger partial charge in [-0.05, 0) is 49.4 Å². The van der Waals surface area contributed by atoms with Crippen molar-refractivity contribution in [3.05, 3.63) is 0 Å². The first-order chi connectivity index (χ1) is 46.7. The van der Waals surface area contributed by atoms with E-state index in [-0.39, 0.29) is 25.7 Å². The topological polar surface area (TPSA) is 237 Å². The van der Waals surface area contributed by atoms with Crippen LogP contribution < -0.4 is 0 Å². The Kier molecular flexibility index (Phi) is 65.9. The lowest BCUT2D eigenvalue weighted by Crippen LogP contribution is -2.30. The van der Waals surface area contributed by atoms with Gasteiger partial charge in [0.15, 0.2) is 12.2 Å². The van der Waals surface area contributed by atoms with Crippen LogP contribution in [-0.4, -0.2) is 96.7 Å². The Hall–Kier alpha value is -1.94. The number of aliphatic hydroxyl groups is 1. The van der Waals surface area contributed by atoms with Gasteiger partial charge >= 0.3 is 39.5 Å². The van der Waals surface area contributed by atoms with Crippen LogP contribution >= 0.6 is 15.6 Å². The molecule has 0 saturated carbocycles. The standard InChI is InChI=1S/C78H152O17P2/c1-9-69(6)55-47-39-31-25-22-23-26-33-42-50-58-75(80)88-64-73(94-77(82)60-52-44-34-27-21-19-17-15-13-12-14-16-18-20-24-30-38-46-54-68(4)5)66-92-96(84,85)90-62-72(79)63-91-97(86,87)93-67-74(65-89-76(81)59-51-43-37-36-41-49-57-71(8)11-3)95-78(83)61-53-45-35-29-28-32-40-48-56-70(7)10-2/h68-74,79H,9-67H2,1-8H3,(H,84,85)(H,86,87)/t69?,70?,71?,72-,73-,74-/m1/s1. The summed E-state index contributed by atoms with van der Waals surface area (Å²) < 4.78 is 68.6. The molecule has 0 aliphatic rings. The molecule has 3 N–H and O–H groups in total. The van der Waals surface area contributed by atoms with Crippen molar-refractivity contribution < 1.29 is 80.2 Å². The summed E-state index contributed by atoms with van der Waals surface area (Å²) in [5, 5.41) is 10.6. The Morgan fingerprint density at radius 3 is 0.732 bits per heavy atom. The molecule has 97 heavy (non-hydrogen) atoms. The second kappa shape index (κ2) is 67.2. The molecule has 17 nitrogen and oxygen atoms in total. The van der Waals surface area contributed by atoms with Crippen LogP contribution in [0.4, 0.5) is 0 Å². The molecule has 0 rings (SSSR count). The van der Waals surface area contributed by atoms with Gasteiger partial charge in [-0.15, -0.1) is 0 Å². The summed E-state index contributed by atoms with van der Waals surface area (Å²) in [6.45, 7) is 14.2. The van der Waals surface area contributed by atoms with Crippen LogP contribution in [0.2, 0.25) is 0 Å². The molecule has 0 aromatic heterocycles. The second-order valence-electron chi connectivity index (χ2n) is 29.3. The Morgan fingerprint density at radius 2 is 0.495 bits per heavy atom. The van der Waals surface area contributed by atoms with Gasteiger partial charge in [-0.2, -0.15) is 0 Å². The highest BCUT2D eigenvalue weighted by molar-refractivity contribution is 7.47. The van der Waals surface area contributed by atoms with Gasteiger partial charge in [0.05, 0.1) is 26.4 Å². The van der Waals surface area contributed by atoms with E-state index in [0.717, 1.165) is 120 Å². The minimum absolute atomic E-state index is 0.104. The van der Waals surface area contributed by atoms with Crippen LogP contribution in [0, 0.1) is 23.7 Å². The van der Waals surface area contributed by atoms with Crippen molar-refractivity contribution in [1.29, 1.82) is 0 Å². The largest absolute Gasteiger partial charge is 0.472 e. The van der Waals surface area contributed by atoms with Gasteiger partial charge in [-0.1, -0.05) is 344 Å². The van der Waals surface area contributed by atoms with Crippen molar-refractivity contribution in [3.8, 4) is 0 Å². The van der Waals surface area contributed by atoms with E-state index in [1.54, 1.807) is 0 Å². The first-order valence-corrected chi connectivity index (χ1v) is 43.3. The zero-order valence-electron chi connectivity index (χ0n) is 63.7. The first kappa shape index (κ1) is 95.1. The van der Waals surface area contributed by atoms with E-state index < -0.39 is 97.5 Å². The molecule has 19 heteroatoms. The fourth-order valence-corrected chi connectivity index (χ4v) is 13.4. The molecule has 0 aromatic carbocycles. The summed E-state index contributed by atoms with van der Waals surface area (Å²) in [6, 6.07) is 0. The third-order valence-corrected chi connectivity index (χ3v) is 21.1. The number of phosphoric acid groups is 2. The Bertz CT molecular complexity index is 1910. The summed E-state index contributed by atoms with van der Waals surface area (Å²) in [6.07, 6.45) is 52.7. The van der Waals surface area contributed by atoms with Gasteiger partial charge in [0, 0.05) is 25.7 Å². The smallest absolute Gasteiger partial charge is 0.462 e. The second-order valence-corrected chi connectivity index (χ2v) is 32.2. The van der Waals surface area contributed by atoms with Crippen LogP contribution in [0.5, 0.6) is 0 Å². The lowest BCUT2D eigenvalue weighted by atomic mass is 9.99. The Morgan fingerprint density at radius 1 is 0.289 bits per heavy atom. The molecule has 0 aromatic rings. The number of esters is 4. The quantitative estimate of drug-likeness (QED) is 0.0222. The molecule has 0 aliphatic heterocycles. The van der Waals surface area contributed by atoms with Crippen LogP contribution in [0.3, 0.4) is 0 Å². The van der Waals surface area contributed by atoms with Crippen molar-refractivity contribution >= 4 is 39.5 Å². The molecule has 576 valence electrons.